The zero-order valence-corrected chi connectivity index (χ0v) is 15.8. The van der Waals surface area contributed by atoms with Gasteiger partial charge < -0.3 is 9.15 Å². The second kappa shape index (κ2) is 7.84. The van der Waals surface area contributed by atoms with Gasteiger partial charge in [-0.1, -0.05) is 18.2 Å². The number of nitrogens with one attached hydrogen (secondary N) is 1. The minimum Gasteiger partial charge on any atom is -0.458 e. The van der Waals surface area contributed by atoms with Gasteiger partial charge in [-0.25, -0.2) is 4.79 Å². The van der Waals surface area contributed by atoms with Crippen molar-refractivity contribution < 1.29 is 22.7 Å². The number of furan rings is 1. The summed E-state index contributed by atoms with van der Waals surface area (Å²) in [5, 5.41) is 6.65. The predicted molar refractivity (Wildman–Crippen MR) is 99.3 cm³/mol. The lowest BCUT2D eigenvalue weighted by Gasteiger charge is -2.07. The second-order valence-corrected chi connectivity index (χ2v) is 6.70. The maximum atomic E-state index is 13.2. The van der Waals surface area contributed by atoms with Gasteiger partial charge in [0.25, 0.3) is 0 Å². The van der Waals surface area contributed by atoms with Gasteiger partial charge in [-0.2, -0.15) is 13.9 Å². The monoisotopic (exact) mass is 389 g/mol. The van der Waals surface area contributed by atoms with Crippen LogP contribution >= 0.6 is 0 Å². The van der Waals surface area contributed by atoms with Crippen LogP contribution in [0.2, 0.25) is 0 Å². The quantitative estimate of drug-likeness (QED) is 0.644. The standard InChI is InChI=1S/C20H21F2N3O3/c1-13-4-5-15(8-14(13)2)12-27-19(26)24-16-9-23-25(10-16)11-17-6-7-18(28-17)20(3,21)22/h4-10H,11-12H2,1-3H3,(H,24,26). The van der Waals surface area contributed by atoms with E-state index in [0.717, 1.165) is 18.1 Å². The molecular weight excluding hydrogens is 368 g/mol. The topological polar surface area (TPSA) is 69.3 Å². The van der Waals surface area contributed by atoms with E-state index in [4.69, 9.17) is 9.15 Å². The Kier molecular flexibility index (Phi) is 5.48. The molecule has 0 radical (unpaired) electrons. The van der Waals surface area contributed by atoms with Gasteiger partial charge >= 0.3 is 12.0 Å². The third-order valence-corrected chi connectivity index (χ3v) is 4.23. The number of hydrogen-bond acceptors (Lipinski definition) is 4. The third-order valence-electron chi connectivity index (χ3n) is 4.23. The Balaban J connectivity index is 1.53. The van der Waals surface area contributed by atoms with Gasteiger partial charge in [0, 0.05) is 13.1 Å². The van der Waals surface area contributed by atoms with Crippen molar-refractivity contribution in [3.8, 4) is 0 Å². The highest BCUT2D eigenvalue weighted by Gasteiger charge is 2.28. The van der Waals surface area contributed by atoms with Crippen molar-refractivity contribution in [1.29, 1.82) is 0 Å². The summed E-state index contributed by atoms with van der Waals surface area (Å²) in [4.78, 5) is 11.9. The van der Waals surface area contributed by atoms with Crippen LogP contribution in [0.3, 0.4) is 0 Å². The summed E-state index contributed by atoms with van der Waals surface area (Å²) in [6.07, 6.45) is 2.39. The number of amides is 1. The van der Waals surface area contributed by atoms with E-state index in [1.165, 1.54) is 28.6 Å². The Morgan fingerprint density at radius 3 is 2.71 bits per heavy atom. The Bertz CT molecular complexity index is 973. The second-order valence-electron chi connectivity index (χ2n) is 6.70. The lowest BCUT2D eigenvalue weighted by atomic mass is 10.1. The maximum absolute atomic E-state index is 13.2. The van der Waals surface area contributed by atoms with Crippen LogP contribution in [0, 0.1) is 13.8 Å². The first-order valence-electron chi connectivity index (χ1n) is 8.70. The van der Waals surface area contributed by atoms with Crippen LogP contribution < -0.4 is 5.32 Å². The van der Waals surface area contributed by atoms with Gasteiger partial charge in [0.2, 0.25) is 0 Å². The molecule has 1 aromatic carbocycles. The lowest BCUT2D eigenvalue weighted by molar-refractivity contribution is -0.00636. The molecular formula is C20H21F2N3O3. The number of anilines is 1. The number of hydrogen-bond donors (Lipinski definition) is 1. The molecule has 0 saturated heterocycles. The number of carbonyl (C=O) groups excluding carboxylic acids is 1. The van der Waals surface area contributed by atoms with E-state index in [1.54, 1.807) is 6.20 Å². The Morgan fingerprint density at radius 2 is 2.04 bits per heavy atom. The van der Waals surface area contributed by atoms with Crippen LogP contribution in [-0.4, -0.2) is 15.9 Å². The van der Waals surface area contributed by atoms with E-state index in [0.29, 0.717) is 11.4 Å². The average molecular weight is 389 g/mol. The number of ether oxygens (including phenoxy) is 1. The van der Waals surface area contributed by atoms with Crippen LogP contribution in [0.15, 0.2) is 47.1 Å². The van der Waals surface area contributed by atoms with Crippen molar-refractivity contribution in [3.63, 3.8) is 0 Å². The average Bonchev–Trinajstić information content (AvgIpc) is 3.26. The van der Waals surface area contributed by atoms with Crippen molar-refractivity contribution in [1.82, 2.24) is 9.78 Å². The predicted octanol–water partition coefficient (Wildman–Crippen LogP) is 5.00. The Morgan fingerprint density at radius 1 is 1.25 bits per heavy atom. The van der Waals surface area contributed by atoms with Crippen LogP contribution in [0.4, 0.5) is 19.3 Å². The number of benzene rings is 1. The molecule has 0 spiro atoms. The van der Waals surface area contributed by atoms with Crippen LogP contribution in [0.1, 0.15) is 35.1 Å². The molecule has 3 aromatic rings. The molecule has 0 bridgehead atoms. The zero-order valence-electron chi connectivity index (χ0n) is 15.8. The normalized spacial score (nSPS) is 11.5. The number of carbonyl (C=O) groups is 1. The minimum atomic E-state index is -3.03. The summed E-state index contributed by atoms with van der Waals surface area (Å²) in [5.74, 6) is -3.10. The molecule has 0 atom stereocenters. The molecule has 0 aliphatic heterocycles. The van der Waals surface area contributed by atoms with E-state index in [9.17, 15) is 13.6 Å². The molecule has 0 saturated carbocycles. The molecule has 0 aliphatic rings. The van der Waals surface area contributed by atoms with Crippen molar-refractivity contribution in [2.45, 2.75) is 39.8 Å². The first-order chi connectivity index (χ1) is 13.2. The summed E-state index contributed by atoms with van der Waals surface area (Å²) >= 11 is 0. The van der Waals surface area contributed by atoms with E-state index < -0.39 is 17.8 Å². The maximum Gasteiger partial charge on any atom is 0.412 e. The van der Waals surface area contributed by atoms with E-state index in [1.807, 2.05) is 32.0 Å². The van der Waals surface area contributed by atoms with Gasteiger partial charge in [0.05, 0.1) is 18.4 Å². The summed E-state index contributed by atoms with van der Waals surface area (Å²) < 4.78 is 38.2. The Labute approximate surface area is 161 Å². The molecule has 28 heavy (non-hydrogen) atoms. The molecule has 0 unspecified atom stereocenters. The van der Waals surface area contributed by atoms with E-state index >= 15 is 0 Å². The first kappa shape index (κ1) is 19.6. The number of halogens is 2. The SMILES string of the molecule is Cc1ccc(COC(=O)Nc2cnn(Cc3ccc(C(C)(F)F)o3)c2)cc1C. The largest absolute Gasteiger partial charge is 0.458 e. The molecule has 0 aliphatic carbocycles. The molecule has 0 fully saturated rings. The molecule has 2 heterocycles. The third kappa shape index (κ3) is 4.97. The number of rotatable bonds is 6. The molecule has 1 amide bonds. The minimum absolute atomic E-state index is 0.154. The molecule has 1 N–H and O–H groups in total. The molecule has 8 heteroatoms. The fourth-order valence-electron chi connectivity index (χ4n) is 2.57. The van der Waals surface area contributed by atoms with Crippen LogP contribution in [-0.2, 0) is 23.8 Å². The zero-order chi connectivity index (χ0) is 20.3. The first-order valence-corrected chi connectivity index (χ1v) is 8.70. The number of aryl methyl sites for hydroxylation is 2. The molecule has 148 valence electrons. The van der Waals surface area contributed by atoms with Crippen molar-refractivity contribution in [3.05, 3.63) is 70.9 Å². The molecule has 3 rings (SSSR count). The summed E-state index contributed by atoms with van der Waals surface area (Å²) in [6.45, 7) is 5.10. The van der Waals surface area contributed by atoms with E-state index in [-0.39, 0.29) is 13.2 Å². The summed E-state index contributed by atoms with van der Waals surface area (Å²) in [7, 11) is 0. The van der Waals surface area contributed by atoms with Gasteiger partial charge in [0.1, 0.15) is 12.4 Å². The highest BCUT2D eigenvalue weighted by Crippen LogP contribution is 2.28. The fourth-order valence-corrected chi connectivity index (χ4v) is 2.57. The highest BCUT2D eigenvalue weighted by molar-refractivity contribution is 5.84. The summed E-state index contributed by atoms with van der Waals surface area (Å²) in [5.41, 5.74) is 3.63. The van der Waals surface area contributed by atoms with Gasteiger partial charge in [-0.15, -0.1) is 0 Å². The smallest absolute Gasteiger partial charge is 0.412 e. The van der Waals surface area contributed by atoms with Crippen molar-refractivity contribution in [2.24, 2.45) is 0 Å². The van der Waals surface area contributed by atoms with Crippen LogP contribution in [0.5, 0.6) is 0 Å². The summed E-state index contributed by atoms with van der Waals surface area (Å²) in [6, 6.07) is 8.56. The van der Waals surface area contributed by atoms with Crippen molar-refractivity contribution >= 4 is 11.8 Å². The van der Waals surface area contributed by atoms with Gasteiger partial charge in [-0.3, -0.25) is 10.00 Å². The number of aromatic nitrogens is 2. The van der Waals surface area contributed by atoms with Crippen LogP contribution in [0.25, 0.3) is 0 Å². The van der Waals surface area contributed by atoms with Crippen molar-refractivity contribution in [2.75, 3.05) is 5.32 Å². The molecule has 2 aromatic heterocycles. The number of nitrogens with zero attached hydrogens (tertiary/aromatic N) is 2. The lowest BCUT2D eigenvalue weighted by Crippen LogP contribution is -2.13. The number of alkyl halides is 2. The van der Waals surface area contributed by atoms with Gasteiger partial charge in [-0.05, 0) is 42.7 Å². The van der Waals surface area contributed by atoms with E-state index in [2.05, 4.69) is 10.4 Å². The highest BCUT2D eigenvalue weighted by atomic mass is 19.3. The fraction of sp³-hybridized carbons (Fsp3) is 0.300. The van der Waals surface area contributed by atoms with Gasteiger partial charge in [0.15, 0.2) is 5.76 Å². The molecule has 6 nitrogen and oxygen atoms in total. The Hall–Kier alpha value is -3.16.